The maximum atomic E-state index is 4.65. The first-order valence-electron chi connectivity index (χ1n) is 7.01. The molecule has 102 valence electrons. The van der Waals surface area contributed by atoms with E-state index in [4.69, 9.17) is 0 Å². The predicted octanol–water partition coefficient (Wildman–Crippen LogP) is 3.05. The highest BCUT2D eigenvalue weighted by molar-refractivity contribution is 5.92. The number of rotatable bonds is 0. The summed E-state index contributed by atoms with van der Waals surface area (Å²) >= 11 is 0. The Hall–Kier alpha value is -1.71. The van der Waals surface area contributed by atoms with Gasteiger partial charge in [0.15, 0.2) is 0 Å². The fraction of sp³-hybridized carbons (Fsp3) is 0.533. The molecule has 1 aliphatic rings. The Morgan fingerprint density at radius 2 is 1.84 bits per heavy atom. The van der Waals surface area contributed by atoms with Crippen LogP contribution in [0, 0.1) is 13.8 Å². The summed E-state index contributed by atoms with van der Waals surface area (Å²) in [7, 11) is 2.09. The van der Waals surface area contributed by atoms with Gasteiger partial charge in [-0.05, 0) is 32.8 Å². The van der Waals surface area contributed by atoms with Gasteiger partial charge in [0, 0.05) is 19.3 Å². The van der Waals surface area contributed by atoms with Gasteiger partial charge in [-0.25, -0.2) is 9.97 Å². The average Bonchev–Trinajstić information content (AvgIpc) is 2.53. The van der Waals surface area contributed by atoms with Gasteiger partial charge in [-0.3, -0.25) is 4.98 Å². The van der Waals surface area contributed by atoms with Gasteiger partial charge < -0.3 is 4.90 Å². The molecule has 0 bridgehead atoms. The standard InChI is InChI=1S/C13H16N4.C2H6/c1-8-7-11-12-10(14-8)5-4-6-17(3)13(12)16-9(2)15-11;1-2/h7H,4-6H2,1-3H3;1-2H3. The van der Waals surface area contributed by atoms with E-state index in [9.17, 15) is 0 Å². The van der Waals surface area contributed by atoms with Crippen molar-refractivity contribution in [1.29, 1.82) is 0 Å². The Kier molecular flexibility index (Phi) is 3.98. The molecule has 0 aliphatic carbocycles. The summed E-state index contributed by atoms with van der Waals surface area (Å²) < 4.78 is 0. The SMILES string of the molecule is CC.Cc1cc2nc(C)nc3c2c(n1)CCCN3C. The van der Waals surface area contributed by atoms with Gasteiger partial charge in [0.2, 0.25) is 0 Å². The van der Waals surface area contributed by atoms with Crippen molar-refractivity contribution in [2.24, 2.45) is 0 Å². The van der Waals surface area contributed by atoms with Gasteiger partial charge in [0.1, 0.15) is 11.6 Å². The minimum Gasteiger partial charge on any atom is -0.359 e. The molecule has 0 N–H and O–H groups in total. The van der Waals surface area contributed by atoms with Gasteiger partial charge in [-0.1, -0.05) is 13.8 Å². The van der Waals surface area contributed by atoms with E-state index in [0.29, 0.717) is 0 Å². The average molecular weight is 258 g/mol. The van der Waals surface area contributed by atoms with E-state index in [0.717, 1.165) is 53.3 Å². The molecule has 4 heteroatoms. The van der Waals surface area contributed by atoms with Crippen LogP contribution in [0.15, 0.2) is 6.07 Å². The molecule has 19 heavy (non-hydrogen) atoms. The third-order valence-corrected chi connectivity index (χ3v) is 3.24. The number of hydrogen-bond donors (Lipinski definition) is 0. The molecular weight excluding hydrogens is 236 g/mol. The molecule has 3 rings (SSSR count). The molecule has 4 nitrogen and oxygen atoms in total. The topological polar surface area (TPSA) is 41.9 Å². The summed E-state index contributed by atoms with van der Waals surface area (Å²) in [6.45, 7) is 9.01. The molecule has 0 radical (unpaired) electrons. The summed E-state index contributed by atoms with van der Waals surface area (Å²) in [6, 6.07) is 2.05. The van der Waals surface area contributed by atoms with Crippen LogP contribution >= 0.6 is 0 Å². The van der Waals surface area contributed by atoms with Crippen LogP contribution in [0.25, 0.3) is 10.9 Å². The largest absolute Gasteiger partial charge is 0.359 e. The minimum absolute atomic E-state index is 0.831. The minimum atomic E-state index is 0.831. The maximum absolute atomic E-state index is 4.65. The first-order valence-corrected chi connectivity index (χ1v) is 7.01. The van der Waals surface area contributed by atoms with Gasteiger partial charge in [-0.2, -0.15) is 0 Å². The highest BCUT2D eigenvalue weighted by atomic mass is 15.2. The lowest BCUT2D eigenvalue weighted by Crippen LogP contribution is -2.19. The zero-order valence-electron chi connectivity index (χ0n) is 12.5. The lowest BCUT2D eigenvalue weighted by molar-refractivity contribution is 0.782. The number of aryl methyl sites for hydroxylation is 3. The van der Waals surface area contributed by atoms with E-state index in [1.807, 2.05) is 27.7 Å². The van der Waals surface area contributed by atoms with Crippen LogP contribution in [0.5, 0.6) is 0 Å². The van der Waals surface area contributed by atoms with E-state index in [1.54, 1.807) is 0 Å². The molecule has 2 aromatic heterocycles. The van der Waals surface area contributed by atoms with Gasteiger partial charge in [-0.15, -0.1) is 0 Å². The summed E-state index contributed by atoms with van der Waals surface area (Å²) in [6.07, 6.45) is 2.14. The summed E-state index contributed by atoms with van der Waals surface area (Å²) in [4.78, 5) is 16.0. The molecule has 0 amide bonds. The number of pyridine rings is 1. The number of aromatic nitrogens is 3. The first-order chi connectivity index (χ1) is 9.15. The third-order valence-electron chi connectivity index (χ3n) is 3.24. The smallest absolute Gasteiger partial charge is 0.141 e. The van der Waals surface area contributed by atoms with Crippen LogP contribution in [0.3, 0.4) is 0 Å². The molecule has 0 atom stereocenters. The van der Waals surface area contributed by atoms with Gasteiger partial charge in [0.05, 0.1) is 16.6 Å². The van der Waals surface area contributed by atoms with E-state index in [-0.39, 0.29) is 0 Å². The van der Waals surface area contributed by atoms with E-state index in [1.165, 1.54) is 0 Å². The summed E-state index contributed by atoms with van der Waals surface area (Å²) in [5.74, 6) is 1.87. The highest BCUT2D eigenvalue weighted by Crippen LogP contribution is 2.29. The molecule has 1 aliphatic heterocycles. The molecule has 2 aromatic rings. The van der Waals surface area contributed by atoms with Crippen molar-refractivity contribution < 1.29 is 0 Å². The number of hydrogen-bond acceptors (Lipinski definition) is 4. The molecule has 0 saturated carbocycles. The lowest BCUT2D eigenvalue weighted by atomic mass is 10.1. The lowest BCUT2D eigenvalue weighted by Gasteiger charge is -2.17. The second-order valence-electron chi connectivity index (χ2n) is 4.72. The Morgan fingerprint density at radius 3 is 2.58 bits per heavy atom. The Bertz CT molecular complexity index is 587. The van der Waals surface area contributed by atoms with Crippen LogP contribution in [-0.4, -0.2) is 28.5 Å². The van der Waals surface area contributed by atoms with Crippen molar-refractivity contribution in [1.82, 2.24) is 15.0 Å². The van der Waals surface area contributed by atoms with Crippen molar-refractivity contribution in [3.8, 4) is 0 Å². The van der Waals surface area contributed by atoms with Crippen molar-refractivity contribution in [2.75, 3.05) is 18.5 Å². The quantitative estimate of drug-likeness (QED) is 0.728. The predicted molar refractivity (Wildman–Crippen MR) is 79.7 cm³/mol. The van der Waals surface area contributed by atoms with Gasteiger partial charge >= 0.3 is 0 Å². The van der Waals surface area contributed by atoms with Crippen molar-refractivity contribution in [3.05, 3.63) is 23.3 Å². The Morgan fingerprint density at radius 1 is 1.11 bits per heavy atom. The van der Waals surface area contributed by atoms with Crippen molar-refractivity contribution in [3.63, 3.8) is 0 Å². The first kappa shape index (κ1) is 13.7. The normalized spacial score (nSPS) is 13.8. The van der Waals surface area contributed by atoms with E-state index in [2.05, 4.69) is 33.0 Å². The van der Waals surface area contributed by atoms with Gasteiger partial charge in [0.25, 0.3) is 0 Å². The van der Waals surface area contributed by atoms with E-state index < -0.39 is 0 Å². The fourth-order valence-corrected chi connectivity index (χ4v) is 2.51. The highest BCUT2D eigenvalue weighted by Gasteiger charge is 2.18. The van der Waals surface area contributed by atoms with Crippen LogP contribution < -0.4 is 4.90 Å². The zero-order valence-corrected chi connectivity index (χ0v) is 12.5. The van der Waals surface area contributed by atoms with Crippen LogP contribution in [-0.2, 0) is 6.42 Å². The molecule has 0 aromatic carbocycles. The maximum Gasteiger partial charge on any atom is 0.141 e. The fourth-order valence-electron chi connectivity index (χ4n) is 2.51. The number of anilines is 1. The van der Waals surface area contributed by atoms with Crippen molar-refractivity contribution >= 4 is 16.7 Å². The van der Waals surface area contributed by atoms with Crippen molar-refractivity contribution in [2.45, 2.75) is 40.5 Å². The van der Waals surface area contributed by atoms with E-state index >= 15 is 0 Å². The summed E-state index contributed by atoms with van der Waals surface area (Å²) in [5, 5.41) is 1.14. The summed E-state index contributed by atoms with van der Waals surface area (Å²) in [5.41, 5.74) is 3.23. The number of nitrogens with zero attached hydrogens (tertiary/aromatic N) is 4. The van der Waals surface area contributed by atoms with Crippen LogP contribution in [0.2, 0.25) is 0 Å². The third kappa shape index (κ3) is 2.53. The molecule has 0 unspecified atom stereocenters. The zero-order chi connectivity index (χ0) is 14.0. The monoisotopic (exact) mass is 258 g/mol. The van der Waals surface area contributed by atoms with Crippen LogP contribution in [0.1, 0.15) is 37.5 Å². The Labute approximate surface area is 114 Å². The second-order valence-corrected chi connectivity index (χ2v) is 4.72. The molecule has 3 heterocycles. The Balaban J connectivity index is 0.000000637. The molecular formula is C15H22N4. The molecule has 0 fully saturated rings. The molecule has 0 spiro atoms. The second kappa shape index (κ2) is 5.51. The van der Waals surface area contributed by atoms with Crippen LogP contribution in [0.4, 0.5) is 5.82 Å². The molecule has 0 saturated heterocycles.